The maximum absolute atomic E-state index is 12.8. The van der Waals surface area contributed by atoms with Crippen LogP contribution in [0, 0.1) is 11.8 Å². The van der Waals surface area contributed by atoms with Crippen LogP contribution < -0.4 is 10.6 Å². The van der Waals surface area contributed by atoms with E-state index < -0.39 is 29.0 Å². The summed E-state index contributed by atoms with van der Waals surface area (Å²) in [7, 11) is 0. The molecule has 0 aliphatic heterocycles. The number of carbonyl (C=O) groups excluding carboxylic acids is 2. The highest BCUT2D eigenvalue weighted by Crippen LogP contribution is 2.50. The maximum Gasteiger partial charge on any atom is 0.416 e. The first-order chi connectivity index (χ1) is 21.9. The van der Waals surface area contributed by atoms with Gasteiger partial charge in [0.1, 0.15) is 11.2 Å². The monoisotopic (exact) mass is 716 g/mol. The minimum absolute atomic E-state index is 0.272. The molecule has 0 unspecified atom stereocenters. The van der Waals surface area contributed by atoms with E-state index in [0.29, 0.717) is 30.8 Å². The second kappa shape index (κ2) is 14.7. The van der Waals surface area contributed by atoms with Gasteiger partial charge in [-0.15, -0.1) is 0 Å². The molecule has 2 saturated carbocycles. The molecule has 2 amide bonds. The number of rotatable bonds is 7. The summed E-state index contributed by atoms with van der Waals surface area (Å²) < 4.78 is 50.0. The molecule has 3 aromatic carbocycles. The van der Waals surface area contributed by atoms with Crippen LogP contribution in [0.1, 0.15) is 82.9 Å². The van der Waals surface area contributed by atoms with Crippen molar-refractivity contribution in [3.63, 3.8) is 0 Å². The molecule has 0 aromatic heterocycles. The zero-order chi connectivity index (χ0) is 34.6. The lowest BCUT2D eigenvalue weighted by Gasteiger charge is -2.19. The molecule has 254 valence electrons. The molecule has 6 nitrogen and oxygen atoms in total. The SMILES string of the molecule is CC(C)(C)OC(=O)NC[C@@H]1C[C@H]1c1ccccc1-c1ccc(C(F)(F)F)cc1.CC(C)(C)OC(=O)NC[C@@H]1C[C@H]1c1ccccc1Br. The Balaban J connectivity index is 0.000000229. The van der Waals surface area contributed by atoms with Gasteiger partial charge in [0.15, 0.2) is 0 Å². The fourth-order valence-electron chi connectivity index (χ4n) is 5.46. The van der Waals surface area contributed by atoms with Gasteiger partial charge in [0.2, 0.25) is 0 Å². The van der Waals surface area contributed by atoms with Crippen molar-refractivity contribution in [3.8, 4) is 11.1 Å². The van der Waals surface area contributed by atoms with Crippen LogP contribution in [0.2, 0.25) is 0 Å². The number of carbonyl (C=O) groups is 2. The van der Waals surface area contributed by atoms with Crippen LogP contribution in [0.3, 0.4) is 0 Å². The Kier molecular flexibility index (Phi) is 11.4. The van der Waals surface area contributed by atoms with Gasteiger partial charge >= 0.3 is 18.4 Å². The lowest BCUT2D eigenvalue weighted by molar-refractivity contribution is -0.137. The number of halogens is 4. The van der Waals surface area contributed by atoms with Crippen LogP contribution in [0.15, 0.2) is 77.3 Å². The third-order valence-corrected chi connectivity index (χ3v) is 8.57. The van der Waals surface area contributed by atoms with Crippen molar-refractivity contribution >= 4 is 28.1 Å². The molecular formula is C37H44BrF3N2O4. The molecule has 4 atom stereocenters. The molecule has 5 rings (SSSR count). The Morgan fingerprint density at radius 2 is 1.15 bits per heavy atom. The summed E-state index contributed by atoms with van der Waals surface area (Å²) in [6.45, 7) is 12.2. The normalized spacial score (nSPS) is 20.3. The predicted octanol–water partition coefficient (Wildman–Crippen LogP) is 10.1. The van der Waals surface area contributed by atoms with E-state index in [1.807, 2.05) is 71.9 Å². The standard InChI is InChI=1S/C22H24F3NO2.C15H20BrNO2/c1-21(2,3)28-20(27)26-13-15-12-19(15)18-7-5-4-6-17(18)14-8-10-16(11-9-14)22(23,24)25;1-15(2,3)19-14(18)17-9-10-8-12(10)11-6-4-5-7-13(11)16/h4-11,15,19H,12-13H2,1-3H3,(H,26,27);4-7,10,12H,8-9H2,1-3H3,(H,17,18)/t15-,19+;10-,12+/m00/s1. The summed E-state index contributed by atoms with van der Waals surface area (Å²) in [4.78, 5) is 23.4. The smallest absolute Gasteiger partial charge is 0.416 e. The number of hydrogen-bond acceptors (Lipinski definition) is 4. The van der Waals surface area contributed by atoms with Crippen LogP contribution in [-0.4, -0.2) is 36.5 Å². The highest BCUT2D eigenvalue weighted by Gasteiger charge is 2.40. The first kappa shape index (κ1) is 36.3. The van der Waals surface area contributed by atoms with Crippen LogP contribution in [0.5, 0.6) is 0 Å². The van der Waals surface area contributed by atoms with Crippen molar-refractivity contribution < 1.29 is 32.2 Å². The number of hydrogen-bond donors (Lipinski definition) is 2. The summed E-state index contributed by atoms with van der Waals surface area (Å²) >= 11 is 3.57. The van der Waals surface area contributed by atoms with E-state index in [1.54, 1.807) is 0 Å². The van der Waals surface area contributed by atoms with E-state index in [0.717, 1.165) is 46.1 Å². The van der Waals surface area contributed by atoms with Crippen molar-refractivity contribution in [3.05, 3.63) is 94.0 Å². The van der Waals surface area contributed by atoms with Gasteiger partial charge in [0.05, 0.1) is 5.56 Å². The second-order valence-corrected chi connectivity index (χ2v) is 15.0. The van der Waals surface area contributed by atoms with E-state index in [9.17, 15) is 22.8 Å². The van der Waals surface area contributed by atoms with E-state index in [2.05, 4.69) is 44.8 Å². The van der Waals surface area contributed by atoms with E-state index >= 15 is 0 Å². The molecule has 0 radical (unpaired) electrons. The van der Waals surface area contributed by atoms with Crippen molar-refractivity contribution in [2.24, 2.45) is 11.8 Å². The number of amides is 2. The molecule has 0 bridgehead atoms. The predicted molar refractivity (Wildman–Crippen MR) is 181 cm³/mol. The van der Waals surface area contributed by atoms with Crippen molar-refractivity contribution in [1.29, 1.82) is 0 Å². The minimum Gasteiger partial charge on any atom is -0.444 e. The fourth-order valence-corrected chi connectivity index (χ4v) is 6.04. The van der Waals surface area contributed by atoms with E-state index in [1.165, 1.54) is 17.7 Å². The summed E-state index contributed by atoms with van der Waals surface area (Å²) in [5.41, 5.74) is 2.49. The first-order valence-corrected chi connectivity index (χ1v) is 16.7. The highest BCUT2D eigenvalue weighted by atomic mass is 79.9. The number of benzene rings is 3. The van der Waals surface area contributed by atoms with E-state index in [-0.39, 0.29) is 12.0 Å². The van der Waals surface area contributed by atoms with Crippen LogP contribution >= 0.6 is 15.9 Å². The molecule has 3 aromatic rings. The first-order valence-electron chi connectivity index (χ1n) is 15.9. The molecule has 10 heteroatoms. The Bertz CT molecular complexity index is 1530. The van der Waals surface area contributed by atoms with E-state index in [4.69, 9.17) is 9.47 Å². The molecule has 2 N–H and O–H groups in total. The van der Waals surface area contributed by atoms with Gasteiger partial charge in [-0.3, -0.25) is 0 Å². The third kappa shape index (κ3) is 11.3. The lowest BCUT2D eigenvalue weighted by Crippen LogP contribution is -2.33. The third-order valence-electron chi connectivity index (χ3n) is 7.85. The number of alkyl halides is 3. The van der Waals surface area contributed by atoms with Gasteiger partial charge in [-0.2, -0.15) is 13.2 Å². The molecule has 2 aliphatic carbocycles. The summed E-state index contributed by atoms with van der Waals surface area (Å²) in [6, 6.07) is 21.3. The van der Waals surface area contributed by atoms with Gasteiger partial charge in [-0.25, -0.2) is 9.59 Å². The zero-order valence-corrected chi connectivity index (χ0v) is 29.3. The number of alkyl carbamates (subject to hydrolysis) is 2. The van der Waals surface area contributed by atoms with Crippen LogP contribution in [-0.2, 0) is 15.7 Å². The Morgan fingerprint density at radius 3 is 1.62 bits per heavy atom. The molecule has 0 saturated heterocycles. The molecule has 2 aliphatic rings. The molecule has 2 fully saturated rings. The Morgan fingerprint density at radius 1 is 0.702 bits per heavy atom. The molecule has 0 spiro atoms. The second-order valence-electron chi connectivity index (χ2n) is 14.2. The molecule has 47 heavy (non-hydrogen) atoms. The average molecular weight is 718 g/mol. The fraction of sp³-hybridized carbons (Fsp3) is 0.459. The van der Waals surface area contributed by atoms with Crippen molar-refractivity contribution in [2.45, 2.75) is 83.6 Å². The number of ether oxygens (including phenoxy) is 2. The lowest BCUT2D eigenvalue weighted by atomic mass is 9.95. The van der Waals surface area contributed by atoms with Crippen LogP contribution in [0.4, 0.5) is 22.8 Å². The van der Waals surface area contributed by atoms with Gasteiger partial charge in [-0.1, -0.05) is 70.5 Å². The largest absolute Gasteiger partial charge is 0.444 e. The Hall–Kier alpha value is -3.53. The summed E-state index contributed by atoms with van der Waals surface area (Å²) in [5, 5.41) is 5.64. The average Bonchev–Trinajstić information content (AvgIpc) is 3.89. The van der Waals surface area contributed by atoms with Crippen LogP contribution in [0.25, 0.3) is 11.1 Å². The van der Waals surface area contributed by atoms with Crippen molar-refractivity contribution in [2.75, 3.05) is 13.1 Å². The maximum atomic E-state index is 12.8. The highest BCUT2D eigenvalue weighted by molar-refractivity contribution is 9.10. The Labute approximate surface area is 283 Å². The number of nitrogens with one attached hydrogen (secondary N) is 2. The molecular weight excluding hydrogens is 673 g/mol. The minimum atomic E-state index is -4.34. The van der Waals surface area contributed by atoms with Crippen molar-refractivity contribution in [1.82, 2.24) is 10.6 Å². The zero-order valence-electron chi connectivity index (χ0n) is 27.7. The van der Waals surface area contributed by atoms with Gasteiger partial charge < -0.3 is 20.1 Å². The summed E-state index contributed by atoms with van der Waals surface area (Å²) in [6.07, 6.45) is -3.06. The summed E-state index contributed by atoms with van der Waals surface area (Å²) in [5.74, 6) is 1.63. The quantitative estimate of drug-likeness (QED) is 0.255. The topological polar surface area (TPSA) is 76.7 Å². The van der Waals surface area contributed by atoms with Gasteiger partial charge in [-0.05, 0) is 119 Å². The van der Waals surface area contributed by atoms with Gasteiger partial charge in [0, 0.05) is 17.6 Å². The molecule has 0 heterocycles. The van der Waals surface area contributed by atoms with Gasteiger partial charge in [0.25, 0.3) is 0 Å².